The summed E-state index contributed by atoms with van der Waals surface area (Å²) in [6, 6.07) is 9.51. The van der Waals surface area contributed by atoms with Crippen molar-refractivity contribution in [1.29, 1.82) is 0 Å². The minimum Gasteiger partial charge on any atom is -0.466 e. The van der Waals surface area contributed by atoms with Crippen LogP contribution in [0.2, 0.25) is 0 Å². The Bertz CT molecular complexity index is 827. The van der Waals surface area contributed by atoms with E-state index in [2.05, 4.69) is 15.6 Å². The molecule has 1 saturated carbocycles. The standard InChI is InChI=1S/C25H35N3O5/c1-2-32-23(29)12-10-20-16-28-22-11-9-19(15-21(20)22)24(30)26-13-6-14-27-25(31)33-17-18-7-4-3-5-8-18/h3-5,7-8,19-21H,2,6,9-17H2,1H3,(H,26,30)(H,27,31). The Balaban J connectivity index is 1.30. The number of alkyl carbamates (subject to hydrolysis) is 1. The van der Waals surface area contributed by atoms with Crippen LogP contribution < -0.4 is 10.6 Å². The van der Waals surface area contributed by atoms with Gasteiger partial charge in [0.25, 0.3) is 0 Å². The summed E-state index contributed by atoms with van der Waals surface area (Å²) in [5.74, 6) is 0.502. The van der Waals surface area contributed by atoms with Crippen LogP contribution in [0.5, 0.6) is 0 Å². The molecule has 0 aromatic heterocycles. The van der Waals surface area contributed by atoms with Gasteiger partial charge in [-0.1, -0.05) is 30.3 Å². The second kappa shape index (κ2) is 13.0. The van der Waals surface area contributed by atoms with Gasteiger partial charge in [-0.05, 0) is 50.5 Å². The number of amides is 2. The third kappa shape index (κ3) is 7.87. The van der Waals surface area contributed by atoms with Crippen LogP contribution in [0.3, 0.4) is 0 Å². The number of hydrogen-bond donors (Lipinski definition) is 2. The number of carbonyl (C=O) groups excluding carboxylic acids is 3. The highest BCUT2D eigenvalue weighted by atomic mass is 16.5. The van der Waals surface area contributed by atoms with Gasteiger partial charge in [-0.15, -0.1) is 0 Å². The molecule has 3 rings (SSSR count). The van der Waals surface area contributed by atoms with Gasteiger partial charge in [0.1, 0.15) is 6.61 Å². The molecule has 1 heterocycles. The van der Waals surface area contributed by atoms with Gasteiger partial charge in [0.05, 0.1) is 6.61 Å². The number of nitrogens with one attached hydrogen (secondary N) is 2. The molecule has 8 nitrogen and oxygen atoms in total. The van der Waals surface area contributed by atoms with Crippen LogP contribution >= 0.6 is 0 Å². The van der Waals surface area contributed by atoms with Crippen LogP contribution in [0.1, 0.15) is 51.0 Å². The van der Waals surface area contributed by atoms with E-state index < -0.39 is 6.09 Å². The smallest absolute Gasteiger partial charge is 0.407 e. The van der Waals surface area contributed by atoms with E-state index in [4.69, 9.17) is 9.47 Å². The summed E-state index contributed by atoms with van der Waals surface area (Å²) in [5, 5.41) is 5.71. The zero-order valence-corrected chi connectivity index (χ0v) is 19.4. The molecule has 8 heteroatoms. The first-order chi connectivity index (χ1) is 16.1. The molecule has 2 N–H and O–H groups in total. The highest BCUT2D eigenvalue weighted by Gasteiger charge is 2.38. The summed E-state index contributed by atoms with van der Waals surface area (Å²) in [5.41, 5.74) is 2.15. The number of benzene rings is 1. The molecule has 1 aliphatic carbocycles. The molecule has 1 aliphatic heterocycles. The Hall–Kier alpha value is -2.90. The molecule has 3 atom stereocenters. The lowest BCUT2D eigenvalue weighted by Gasteiger charge is -2.30. The summed E-state index contributed by atoms with van der Waals surface area (Å²) < 4.78 is 10.2. The van der Waals surface area contributed by atoms with Gasteiger partial charge in [0.15, 0.2) is 0 Å². The Morgan fingerprint density at radius 3 is 2.67 bits per heavy atom. The normalized spacial score (nSPS) is 21.5. The van der Waals surface area contributed by atoms with E-state index in [0.717, 1.165) is 37.8 Å². The average molecular weight is 458 g/mol. The van der Waals surface area contributed by atoms with Crippen molar-refractivity contribution in [3.05, 3.63) is 35.9 Å². The van der Waals surface area contributed by atoms with Crippen LogP contribution in [0.25, 0.3) is 0 Å². The SMILES string of the molecule is CCOC(=O)CCC1CN=C2CCC(C(=O)NCCCNC(=O)OCc3ccccc3)CC21. The summed E-state index contributed by atoms with van der Waals surface area (Å²) >= 11 is 0. The molecule has 0 spiro atoms. The van der Waals surface area contributed by atoms with E-state index >= 15 is 0 Å². The molecule has 2 amide bonds. The van der Waals surface area contributed by atoms with Crippen molar-refractivity contribution in [2.24, 2.45) is 22.7 Å². The number of esters is 1. The zero-order chi connectivity index (χ0) is 23.5. The lowest BCUT2D eigenvalue weighted by atomic mass is 9.74. The van der Waals surface area contributed by atoms with Crippen LogP contribution in [-0.2, 0) is 25.7 Å². The fraction of sp³-hybridized carbons (Fsp3) is 0.600. The van der Waals surface area contributed by atoms with Crippen molar-refractivity contribution in [2.75, 3.05) is 26.2 Å². The monoisotopic (exact) mass is 457 g/mol. The molecule has 2 aliphatic rings. The van der Waals surface area contributed by atoms with Crippen LogP contribution in [0, 0.1) is 17.8 Å². The second-order valence-electron chi connectivity index (χ2n) is 8.65. The van der Waals surface area contributed by atoms with Gasteiger partial charge in [0, 0.05) is 43.6 Å². The van der Waals surface area contributed by atoms with Crippen LogP contribution in [-0.4, -0.2) is 49.9 Å². The van der Waals surface area contributed by atoms with E-state index in [1.165, 1.54) is 5.71 Å². The molecule has 0 radical (unpaired) electrons. The first-order valence-electron chi connectivity index (χ1n) is 12.0. The highest BCUT2D eigenvalue weighted by Crippen LogP contribution is 2.38. The third-order valence-corrected chi connectivity index (χ3v) is 6.34. The maximum atomic E-state index is 12.7. The predicted molar refractivity (Wildman–Crippen MR) is 125 cm³/mol. The summed E-state index contributed by atoms with van der Waals surface area (Å²) in [4.78, 5) is 40.8. The Labute approximate surface area is 195 Å². The lowest BCUT2D eigenvalue weighted by molar-refractivity contribution is -0.143. The van der Waals surface area contributed by atoms with Gasteiger partial charge < -0.3 is 20.1 Å². The number of ether oxygens (including phenoxy) is 2. The number of nitrogens with zero attached hydrogens (tertiary/aromatic N) is 1. The largest absolute Gasteiger partial charge is 0.466 e. The summed E-state index contributed by atoms with van der Waals surface area (Å²) in [6.07, 6.45) is 3.81. The molecule has 1 fully saturated rings. The van der Waals surface area contributed by atoms with Gasteiger partial charge in [0.2, 0.25) is 5.91 Å². The molecular weight excluding hydrogens is 422 g/mol. The maximum absolute atomic E-state index is 12.7. The Morgan fingerprint density at radius 2 is 1.88 bits per heavy atom. The Kier molecular flexibility index (Phi) is 9.72. The molecule has 1 aromatic rings. The average Bonchev–Trinajstić information content (AvgIpc) is 3.24. The number of rotatable bonds is 11. The summed E-state index contributed by atoms with van der Waals surface area (Å²) in [6.45, 7) is 4.15. The van der Waals surface area contributed by atoms with Crippen LogP contribution in [0.15, 0.2) is 35.3 Å². The van der Waals surface area contributed by atoms with Gasteiger partial charge in [-0.25, -0.2) is 4.79 Å². The van der Waals surface area contributed by atoms with E-state index in [9.17, 15) is 14.4 Å². The van der Waals surface area contributed by atoms with Crippen molar-refractivity contribution < 1.29 is 23.9 Å². The predicted octanol–water partition coefficient (Wildman–Crippen LogP) is 3.25. The minimum atomic E-state index is -0.459. The van der Waals surface area contributed by atoms with Gasteiger partial charge >= 0.3 is 12.1 Å². The number of carbonyl (C=O) groups is 3. The first-order valence-corrected chi connectivity index (χ1v) is 12.0. The fourth-order valence-corrected chi connectivity index (χ4v) is 4.57. The van der Waals surface area contributed by atoms with Gasteiger partial charge in [-0.2, -0.15) is 0 Å². The van der Waals surface area contributed by atoms with Crippen molar-refractivity contribution in [3.63, 3.8) is 0 Å². The van der Waals surface area contributed by atoms with E-state index in [-0.39, 0.29) is 24.4 Å². The lowest BCUT2D eigenvalue weighted by Crippen LogP contribution is -2.38. The molecule has 1 aromatic carbocycles. The topological polar surface area (TPSA) is 106 Å². The fourth-order valence-electron chi connectivity index (χ4n) is 4.57. The Morgan fingerprint density at radius 1 is 1.09 bits per heavy atom. The van der Waals surface area contributed by atoms with Crippen molar-refractivity contribution in [1.82, 2.24) is 10.6 Å². The molecular formula is C25H35N3O5. The second-order valence-corrected chi connectivity index (χ2v) is 8.65. The minimum absolute atomic E-state index is 0.0269. The molecule has 0 bridgehead atoms. The molecule has 180 valence electrons. The summed E-state index contributed by atoms with van der Waals surface area (Å²) in [7, 11) is 0. The molecule has 3 unspecified atom stereocenters. The third-order valence-electron chi connectivity index (χ3n) is 6.34. The van der Waals surface area contributed by atoms with Gasteiger partial charge in [-0.3, -0.25) is 14.6 Å². The van der Waals surface area contributed by atoms with Crippen molar-refractivity contribution in [2.45, 2.75) is 52.1 Å². The van der Waals surface area contributed by atoms with Crippen molar-refractivity contribution in [3.8, 4) is 0 Å². The molecule has 33 heavy (non-hydrogen) atoms. The number of fused-ring (bicyclic) bond motifs is 1. The molecule has 0 saturated heterocycles. The maximum Gasteiger partial charge on any atom is 0.407 e. The first kappa shape index (κ1) is 24.7. The van der Waals surface area contributed by atoms with E-state index in [1.807, 2.05) is 37.3 Å². The van der Waals surface area contributed by atoms with E-state index in [0.29, 0.717) is 44.4 Å². The van der Waals surface area contributed by atoms with E-state index in [1.54, 1.807) is 0 Å². The number of aliphatic imine (C=N–C) groups is 1. The van der Waals surface area contributed by atoms with Crippen LogP contribution in [0.4, 0.5) is 4.79 Å². The van der Waals surface area contributed by atoms with Crippen molar-refractivity contribution >= 4 is 23.7 Å². The zero-order valence-electron chi connectivity index (χ0n) is 19.4. The highest BCUT2D eigenvalue weighted by molar-refractivity contribution is 5.91. The quantitative estimate of drug-likeness (QED) is 0.392. The number of hydrogen-bond acceptors (Lipinski definition) is 6.